The molecule has 29 heavy (non-hydrogen) atoms. The SMILES string of the molecule is C=C(N=C/C=C\N)N=C(N=CN)C(C)N(CC1CC1)C(=O)c1cc(Cl)cc(Cl)c1. The maximum atomic E-state index is 13.3. The van der Waals surface area contributed by atoms with E-state index < -0.39 is 6.04 Å². The fourth-order valence-corrected chi connectivity index (χ4v) is 3.15. The van der Waals surface area contributed by atoms with Crippen molar-refractivity contribution in [1.82, 2.24) is 4.90 Å². The van der Waals surface area contributed by atoms with Gasteiger partial charge in [-0.1, -0.05) is 29.8 Å². The molecule has 154 valence electrons. The van der Waals surface area contributed by atoms with E-state index in [9.17, 15) is 4.79 Å². The smallest absolute Gasteiger partial charge is 0.254 e. The van der Waals surface area contributed by atoms with E-state index in [0.29, 0.717) is 33.9 Å². The zero-order valence-corrected chi connectivity index (χ0v) is 17.6. The average molecular weight is 435 g/mol. The summed E-state index contributed by atoms with van der Waals surface area (Å²) >= 11 is 12.2. The number of rotatable bonds is 8. The Bertz CT molecular complexity index is 853. The second-order valence-corrected chi connectivity index (χ2v) is 7.44. The van der Waals surface area contributed by atoms with E-state index in [1.54, 1.807) is 29.2 Å². The Morgan fingerprint density at radius 1 is 1.28 bits per heavy atom. The molecule has 1 fully saturated rings. The van der Waals surface area contributed by atoms with E-state index in [1.807, 2.05) is 6.92 Å². The number of carbonyl (C=O) groups is 1. The molecule has 0 aromatic heterocycles. The minimum Gasteiger partial charge on any atom is -0.405 e. The summed E-state index contributed by atoms with van der Waals surface area (Å²) in [7, 11) is 0. The van der Waals surface area contributed by atoms with E-state index in [4.69, 9.17) is 34.7 Å². The highest BCUT2D eigenvalue weighted by atomic mass is 35.5. The molecule has 0 radical (unpaired) electrons. The number of amides is 1. The van der Waals surface area contributed by atoms with Crippen molar-refractivity contribution in [1.29, 1.82) is 0 Å². The number of amidine groups is 1. The van der Waals surface area contributed by atoms with Crippen LogP contribution in [0.15, 0.2) is 57.9 Å². The van der Waals surface area contributed by atoms with Gasteiger partial charge >= 0.3 is 0 Å². The summed E-state index contributed by atoms with van der Waals surface area (Å²) in [6.07, 6.45) is 7.61. The molecule has 1 saturated carbocycles. The molecular weight excluding hydrogens is 411 g/mol. The van der Waals surface area contributed by atoms with Gasteiger partial charge in [0.05, 0.1) is 12.4 Å². The average Bonchev–Trinajstić information content (AvgIpc) is 3.48. The van der Waals surface area contributed by atoms with Crippen LogP contribution in [0.25, 0.3) is 0 Å². The molecule has 9 heteroatoms. The van der Waals surface area contributed by atoms with Crippen molar-refractivity contribution in [2.45, 2.75) is 25.8 Å². The van der Waals surface area contributed by atoms with E-state index >= 15 is 0 Å². The molecule has 1 amide bonds. The highest BCUT2D eigenvalue weighted by Crippen LogP contribution is 2.31. The molecule has 0 saturated heterocycles. The van der Waals surface area contributed by atoms with Crippen molar-refractivity contribution in [3.05, 3.63) is 58.5 Å². The molecule has 1 aromatic rings. The first-order valence-electron chi connectivity index (χ1n) is 9.05. The summed E-state index contributed by atoms with van der Waals surface area (Å²) in [5.41, 5.74) is 11.2. The lowest BCUT2D eigenvalue weighted by Crippen LogP contribution is -2.44. The lowest BCUT2D eigenvalue weighted by atomic mass is 10.1. The highest BCUT2D eigenvalue weighted by molar-refractivity contribution is 6.35. The van der Waals surface area contributed by atoms with Crippen LogP contribution < -0.4 is 11.5 Å². The normalized spacial score (nSPS) is 16.0. The predicted molar refractivity (Wildman–Crippen MR) is 121 cm³/mol. The quantitative estimate of drug-likeness (QED) is 0.481. The maximum Gasteiger partial charge on any atom is 0.254 e. The van der Waals surface area contributed by atoms with Gasteiger partial charge in [-0.2, -0.15) is 0 Å². The largest absolute Gasteiger partial charge is 0.405 e. The van der Waals surface area contributed by atoms with Crippen LogP contribution in [0.4, 0.5) is 0 Å². The van der Waals surface area contributed by atoms with Gasteiger partial charge in [-0.15, -0.1) is 0 Å². The third-order valence-corrected chi connectivity index (χ3v) is 4.67. The van der Waals surface area contributed by atoms with Crippen molar-refractivity contribution in [3.63, 3.8) is 0 Å². The van der Waals surface area contributed by atoms with Gasteiger partial charge in [0.2, 0.25) is 0 Å². The van der Waals surface area contributed by atoms with Gasteiger partial charge in [0.25, 0.3) is 5.91 Å². The van der Waals surface area contributed by atoms with Crippen LogP contribution in [0.1, 0.15) is 30.1 Å². The summed E-state index contributed by atoms with van der Waals surface area (Å²) < 4.78 is 0. The molecule has 7 nitrogen and oxygen atoms in total. The Morgan fingerprint density at radius 2 is 1.93 bits per heavy atom. The number of benzene rings is 1. The Kier molecular flexibility index (Phi) is 8.42. The van der Waals surface area contributed by atoms with Gasteiger partial charge in [0.15, 0.2) is 5.84 Å². The molecule has 0 aliphatic heterocycles. The fourth-order valence-electron chi connectivity index (χ4n) is 2.62. The van der Waals surface area contributed by atoms with E-state index in [1.165, 1.54) is 12.4 Å². The standard InChI is InChI=1S/C20H24Cl2N6O/c1-13(19(26-12-24)27-14(2)25-7-3-6-23)28(11-15-4-5-15)20(29)16-8-17(21)10-18(22)9-16/h3,6-10,12-13,15H,2,4-5,11,23H2,1H3,(H2,24,26,27)/b6-3-,25-7?. The molecule has 0 bridgehead atoms. The number of hydrogen-bond donors (Lipinski definition) is 2. The van der Waals surface area contributed by atoms with Crippen molar-refractivity contribution in [3.8, 4) is 0 Å². The van der Waals surface area contributed by atoms with Crippen LogP contribution >= 0.6 is 23.2 Å². The number of allylic oxidation sites excluding steroid dienone is 1. The van der Waals surface area contributed by atoms with Crippen molar-refractivity contribution in [2.75, 3.05) is 6.54 Å². The number of halogens is 2. The number of nitrogens with two attached hydrogens (primary N) is 2. The summed E-state index contributed by atoms with van der Waals surface area (Å²) in [6.45, 7) is 6.17. The number of nitrogens with zero attached hydrogens (tertiary/aromatic N) is 4. The minimum absolute atomic E-state index is 0.208. The van der Waals surface area contributed by atoms with Crippen molar-refractivity contribution in [2.24, 2.45) is 32.4 Å². The Morgan fingerprint density at radius 3 is 2.48 bits per heavy atom. The minimum atomic E-state index is -0.474. The van der Waals surface area contributed by atoms with Crippen LogP contribution in [0.5, 0.6) is 0 Å². The van der Waals surface area contributed by atoms with Crippen LogP contribution in [-0.2, 0) is 0 Å². The third kappa shape index (κ3) is 7.03. The summed E-state index contributed by atoms with van der Waals surface area (Å²) in [5.74, 6) is 0.748. The highest BCUT2D eigenvalue weighted by Gasteiger charge is 2.32. The van der Waals surface area contributed by atoms with Crippen LogP contribution in [0.2, 0.25) is 10.0 Å². The third-order valence-electron chi connectivity index (χ3n) is 4.23. The number of aliphatic imine (C=N–C) groups is 3. The first kappa shape index (κ1) is 22.6. The molecule has 1 aliphatic carbocycles. The zero-order valence-electron chi connectivity index (χ0n) is 16.1. The van der Waals surface area contributed by atoms with E-state index in [2.05, 4.69) is 21.6 Å². The number of carbonyl (C=O) groups excluding carboxylic acids is 1. The van der Waals surface area contributed by atoms with Gasteiger partial charge in [-0.3, -0.25) is 4.79 Å². The van der Waals surface area contributed by atoms with Crippen LogP contribution in [0.3, 0.4) is 0 Å². The Labute approximate surface area is 180 Å². The van der Waals surface area contributed by atoms with Crippen molar-refractivity contribution >= 4 is 47.5 Å². The maximum absolute atomic E-state index is 13.3. The first-order valence-corrected chi connectivity index (χ1v) is 9.81. The van der Waals surface area contributed by atoms with Gasteiger partial charge < -0.3 is 16.4 Å². The summed E-state index contributed by atoms with van der Waals surface area (Å²) in [5, 5.41) is 0.786. The van der Waals surface area contributed by atoms with Crippen LogP contribution in [0, 0.1) is 5.92 Å². The van der Waals surface area contributed by atoms with Gasteiger partial charge in [0.1, 0.15) is 5.82 Å². The zero-order chi connectivity index (χ0) is 21.4. The lowest BCUT2D eigenvalue weighted by Gasteiger charge is -2.29. The molecule has 1 atom stereocenters. The van der Waals surface area contributed by atoms with Crippen molar-refractivity contribution < 1.29 is 4.79 Å². The van der Waals surface area contributed by atoms with Gasteiger partial charge in [-0.05, 0) is 56.2 Å². The van der Waals surface area contributed by atoms with Crippen LogP contribution in [-0.4, -0.2) is 41.8 Å². The molecular formula is C20H24Cl2N6O. The predicted octanol–water partition coefficient (Wildman–Crippen LogP) is 3.63. The molecule has 1 aliphatic rings. The molecule has 0 heterocycles. The van der Waals surface area contributed by atoms with E-state index in [-0.39, 0.29) is 11.7 Å². The summed E-state index contributed by atoms with van der Waals surface area (Å²) in [6, 6.07) is 4.29. The van der Waals surface area contributed by atoms with E-state index in [0.717, 1.165) is 19.2 Å². The summed E-state index contributed by atoms with van der Waals surface area (Å²) in [4.78, 5) is 27.5. The molecule has 2 rings (SSSR count). The second-order valence-electron chi connectivity index (χ2n) is 6.56. The molecule has 1 unspecified atom stereocenters. The number of hydrogen-bond acceptors (Lipinski definition) is 4. The van der Waals surface area contributed by atoms with Gasteiger partial charge in [0, 0.05) is 28.4 Å². The Hall–Kier alpha value is -2.64. The fraction of sp³-hybridized carbons (Fsp3) is 0.300. The monoisotopic (exact) mass is 434 g/mol. The molecule has 0 spiro atoms. The first-order chi connectivity index (χ1) is 13.8. The molecule has 1 aromatic carbocycles. The van der Waals surface area contributed by atoms with Gasteiger partial charge in [-0.25, -0.2) is 15.0 Å². The lowest BCUT2D eigenvalue weighted by molar-refractivity contribution is 0.0725. The molecule has 4 N–H and O–H groups in total. The second kappa shape index (κ2) is 10.8. The topological polar surface area (TPSA) is 109 Å². The Balaban J connectivity index is 2.34.